The Balaban J connectivity index is 1.87. The van der Waals surface area contributed by atoms with Crippen molar-refractivity contribution in [3.8, 4) is 0 Å². The third kappa shape index (κ3) is 2.73. The van der Waals surface area contributed by atoms with Gasteiger partial charge in [-0.15, -0.1) is 11.3 Å². The molecule has 108 valence electrons. The number of aryl methyl sites for hydroxylation is 3. The highest BCUT2D eigenvalue weighted by molar-refractivity contribution is 7.15. The standard InChI is InChI=1S/C15H20N2O2S/c18-14(19)9-5-6-11-10-20-15-16-12-7-3-1-2-4-8-13(12)17(11)15/h10H,1-9H2,(H,18,19). The van der Waals surface area contributed by atoms with Crippen LogP contribution in [-0.2, 0) is 24.1 Å². The number of hydrogen-bond donors (Lipinski definition) is 1. The van der Waals surface area contributed by atoms with Crippen molar-refractivity contribution < 1.29 is 9.90 Å². The Morgan fingerprint density at radius 3 is 2.90 bits per heavy atom. The van der Waals surface area contributed by atoms with Crippen LogP contribution >= 0.6 is 11.3 Å². The van der Waals surface area contributed by atoms with E-state index in [0.717, 1.165) is 24.2 Å². The third-order valence-electron chi connectivity index (χ3n) is 4.01. The fraction of sp³-hybridized carbons (Fsp3) is 0.600. The molecule has 0 aromatic carbocycles. The molecule has 0 fully saturated rings. The first kappa shape index (κ1) is 13.6. The maximum atomic E-state index is 10.6. The van der Waals surface area contributed by atoms with Crippen LogP contribution in [0.15, 0.2) is 5.38 Å². The normalized spacial score (nSPS) is 15.8. The van der Waals surface area contributed by atoms with Crippen LogP contribution < -0.4 is 0 Å². The molecule has 4 nitrogen and oxygen atoms in total. The number of carboxylic acids is 1. The molecule has 2 aromatic heterocycles. The van der Waals surface area contributed by atoms with Crippen molar-refractivity contribution >= 4 is 22.3 Å². The molecule has 0 saturated heterocycles. The summed E-state index contributed by atoms with van der Waals surface area (Å²) >= 11 is 1.68. The van der Waals surface area contributed by atoms with Crippen LogP contribution in [-0.4, -0.2) is 20.5 Å². The summed E-state index contributed by atoms with van der Waals surface area (Å²) in [6.45, 7) is 0. The van der Waals surface area contributed by atoms with Crippen LogP contribution in [0.2, 0.25) is 0 Å². The zero-order chi connectivity index (χ0) is 13.9. The van der Waals surface area contributed by atoms with Gasteiger partial charge in [0.05, 0.1) is 5.69 Å². The Labute approximate surface area is 122 Å². The highest BCUT2D eigenvalue weighted by atomic mass is 32.1. The fourth-order valence-electron chi connectivity index (χ4n) is 3.01. The van der Waals surface area contributed by atoms with Crippen molar-refractivity contribution in [3.63, 3.8) is 0 Å². The van der Waals surface area contributed by atoms with Crippen LogP contribution in [0.5, 0.6) is 0 Å². The van der Waals surface area contributed by atoms with E-state index in [0.29, 0.717) is 6.42 Å². The molecular weight excluding hydrogens is 272 g/mol. The summed E-state index contributed by atoms with van der Waals surface area (Å²) in [6, 6.07) is 0. The molecule has 0 aliphatic heterocycles. The van der Waals surface area contributed by atoms with Crippen molar-refractivity contribution in [1.29, 1.82) is 0 Å². The van der Waals surface area contributed by atoms with E-state index in [4.69, 9.17) is 10.1 Å². The number of nitrogens with zero attached hydrogens (tertiary/aromatic N) is 2. The average Bonchev–Trinajstić information content (AvgIpc) is 2.90. The molecule has 1 aliphatic rings. The van der Waals surface area contributed by atoms with Crippen LogP contribution in [0.1, 0.15) is 55.6 Å². The van der Waals surface area contributed by atoms with E-state index in [1.165, 1.54) is 42.8 Å². The summed E-state index contributed by atoms with van der Waals surface area (Å²) in [5.74, 6) is -0.711. The predicted octanol–water partition coefficient (Wildman–Crippen LogP) is 3.46. The Bertz CT molecular complexity index is 615. The lowest BCUT2D eigenvalue weighted by molar-refractivity contribution is -0.137. The van der Waals surface area contributed by atoms with E-state index in [-0.39, 0.29) is 6.42 Å². The number of rotatable bonds is 4. The first-order valence-electron chi connectivity index (χ1n) is 7.44. The van der Waals surface area contributed by atoms with Crippen molar-refractivity contribution in [2.45, 2.75) is 57.8 Å². The van der Waals surface area contributed by atoms with Gasteiger partial charge in [-0.1, -0.05) is 12.8 Å². The average molecular weight is 292 g/mol. The Morgan fingerprint density at radius 2 is 2.10 bits per heavy atom. The lowest BCUT2D eigenvalue weighted by Crippen LogP contribution is -2.04. The van der Waals surface area contributed by atoms with Crippen molar-refractivity contribution in [3.05, 3.63) is 22.5 Å². The third-order valence-corrected chi connectivity index (χ3v) is 4.89. The van der Waals surface area contributed by atoms with Crippen molar-refractivity contribution in [2.75, 3.05) is 0 Å². The molecule has 1 aliphatic carbocycles. The number of fused-ring (bicyclic) bond motifs is 3. The molecule has 0 unspecified atom stereocenters. The van der Waals surface area contributed by atoms with Crippen LogP contribution in [0.25, 0.3) is 4.96 Å². The second kappa shape index (κ2) is 5.95. The summed E-state index contributed by atoms with van der Waals surface area (Å²) < 4.78 is 2.30. The molecule has 0 atom stereocenters. The number of carboxylic acid groups (broad SMARTS) is 1. The quantitative estimate of drug-likeness (QED) is 0.939. The minimum absolute atomic E-state index is 0.244. The summed E-state index contributed by atoms with van der Waals surface area (Å²) in [5.41, 5.74) is 3.89. The van der Waals surface area contributed by atoms with Crippen LogP contribution in [0.4, 0.5) is 0 Å². The van der Waals surface area contributed by atoms with Crippen LogP contribution in [0.3, 0.4) is 0 Å². The SMILES string of the molecule is O=C(O)CCCc1csc2nc3c(n12)CCCCCC3. The Morgan fingerprint density at radius 1 is 1.30 bits per heavy atom. The molecule has 20 heavy (non-hydrogen) atoms. The van der Waals surface area contributed by atoms with Gasteiger partial charge in [-0.05, 0) is 38.5 Å². The topological polar surface area (TPSA) is 54.6 Å². The molecule has 2 heterocycles. The van der Waals surface area contributed by atoms with Gasteiger partial charge in [0.2, 0.25) is 0 Å². The van der Waals surface area contributed by atoms with E-state index in [9.17, 15) is 4.79 Å². The minimum atomic E-state index is -0.711. The molecule has 2 aromatic rings. The van der Waals surface area contributed by atoms with Gasteiger partial charge in [0.25, 0.3) is 0 Å². The molecule has 3 rings (SSSR count). The van der Waals surface area contributed by atoms with E-state index in [1.54, 1.807) is 11.3 Å². The minimum Gasteiger partial charge on any atom is -0.481 e. The molecule has 0 amide bonds. The maximum absolute atomic E-state index is 10.6. The lowest BCUT2D eigenvalue weighted by atomic mass is 10.0. The van der Waals surface area contributed by atoms with E-state index in [1.807, 2.05) is 0 Å². The Hall–Kier alpha value is -1.36. The lowest BCUT2D eigenvalue weighted by Gasteiger charge is -2.10. The number of aliphatic carboxylic acids is 1. The maximum Gasteiger partial charge on any atom is 0.303 e. The van der Waals surface area contributed by atoms with Gasteiger partial charge < -0.3 is 5.11 Å². The van der Waals surface area contributed by atoms with Gasteiger partial charge >= 0.3 is 5.97 Å². The number of thiazole rings is 1. The number of imidazole rings is 1. The number of carbonyl (C=O) groups is 1. The highest BCUT2D eigenvalue weighted by Crippen LogP contribution is 2.26. The molecule has 1 N–H and O–H groups in total. The highest BCUT2D eigenvalue weighted by Gasteiger charge is 2.17. The fourth-order valence-corrected chi connectivity index (χ4v) is 3.97. The van der Waals surface area contributed by atoms with Crippen LogP contribution in [0, 0.1) is 0 Å². The molecule has 0 bridgehead atoms. The molecule has 0 spiro atoms. The van der Waals surface area contributed by atoms with Gasteiger partial charge in [0.1, 0.15) is 0 Å². The molecule has 5 heteroatoms. The molecular formula is C15H20N2O2S. The van der Waals surface area contributed by atoms with Gasteiger partial charge in [0.15, 0.2) is 4.96 Å². The smallest absolute Gasteiger partial charge is 0.303 e. The number of aromatic nitrogens is 2. The Kier molecular flexibility index (Phi) is 4.05. The van der Waals surface area contributed by atoms with E-state index in [2.05, 4.69) is 9.78 Å². The summed E-state index contributed by atoms with van der Waals surface area (Å²) in [4.78, 5) is 16.5. The first-order chi connectivity index (χ1) is 9.75. The van der Waals surface area contributed by atoms with E-state index >= 15 is 0 Å². The van der Waals surface area contributed by atoms with E-state index < -0.39 is 5.97 Å². The second-order valence-corrected chi connectivity index (χ2v) is 6.35. The molecule has 0 radical (unpaired) electrons. The van der Waals surface area contributed by atoms with Gasteiger partial charge in [0, 0.05) is 23.2 Å². The zero-order valence-corrected chi connectivity index (χ0v) is 12.4. The van der Waals surface area contributed by atoms with Crippen molar-refractivity contribution in [1.82, 2.24) is 9.38 Å². The van der Waals surface area contributed by atoms with Gasteiger partial charge in [-0.3, -0.25) is 9.20 Å². The number of hydrogen-bond acceptors (Lipinski definition) is 3. The first-order valence-corrected chi connectivity index (χ1v) is 8.32. The molecule has 0 saturated carbocycles. The summed E-state index contributed by atoms with van der Waals surface area (Å²) in [6.07, 6.45) is 9.09. The van der Waals surface area contributed by atoms with Crippen molar-refractivity contribution in [2.24, 2.45) is 0 Å². The zero-order valence-electron chi connectivity index (χ0n) is 11.6. The van der Waals surface area contributed by atoms with Gasteiger partial charge in [-0.25, -0.2) is 4.98 Å². The monoisotopic (exact) mass is 292 g/mol. The summed E-state index contributed by atoms with van der Waals surface area (Å²) in [5, 5.41) is 10.9. The predicted molar refractivity (Wildman–Crippen MR) is 79.5 cm³/mol. The summed E-state index contributed by atoms with van der Waals surface area (Å²) in [7, 11) is 0. The second-order valence-electron chi connectivity index (χ2n) is 5.51. The largest absolute Gasteiger partial charge is 0.481 e. The van der Waals surface area contributed by atoms with Gasteiger partial charge in [-0.2, -0.15) is 0 Å².